The van der Waals surface area contributed by atoms with E-state index in [1.165, 1.54) is 30.5 Å². The quantitative estimate of drug-likeness (QED) is 0.523. The molecule has 0 bridgehead atoms. The van der Waals surface area contributed by atoms with Gasteiger partial charge in [0.1, 0.15) is 36.8 Å². The molecule has 1 aromatic heterocycles. The van der Waals surface area contributed by atoms with E-state index in [0.29, 0.717) is 36.0 Å². The number of rotatable bonds is 2. The van der Waals surface area contributed by atoms with Gasteiger partial charge in [0, 0.05) is 23.4 Å². The number of amides is 1. The fraction of sp³-hybridized carbons (Fsp3) is 0.250. The second-order valence-electron chi connectivity index (χ2n) is 8.21. The highest BCUT2D eigenvalue weighted by Crippen LogP contribution is 2.55. The molecular weight excluding hydrogens is 456 g/mol. The smallest absolute Gasteiger partial charge is 0.418 e. The molecule has 1 amide bonds. The highest BCUT2D eigenvalue weighted by molar-refractivity contribution is 6.11. The molecule has 4 heterocycles. The zero-order chi connectivity index (χ0) is 23.7. The molecule has 3 aromatic rings. The van der Waals surface area contributed by atoms with Crippen molar-refractivity contribution < 1.29 is 36.6 Å². The van der Waals surface area contributed by atoms with Crippen LogP contribution in [0.1, 0.15) is 22.4 Å². The molecule has 174 valence electrons. The first-order chi connectivity index (χ1) is 16.3. The third kappa shape index (κ3) is 2.80. The van der Waals surface area contributed by atoms with Crippen LogP contribution in [-0.4, -0.2) is 30.7 Å². The molecule has 3 aliphatic heterocycles. The highest BCUT2D eigenvalue weighted by atomic mass is 19.4. The van der Waals surface area contributed by atoms with Crippen LogP contribution < -0.4 is 19.1 Å². The van der Waals surface area contributed by atoms with Crippen molar-refractivity contribution in [3.05, 3.63) is 76.9 Å². The summed E-state index contributed by atoms with van der Waals surface area (Å²) in [5.41, 5.74) is -2.25. The molecule has 1 atom stereocenters. The van der Waals surface area contributed by atoms with Crippen LogP contribution in [0.25, 0.3) is 0 Å². The van der Waals surface area contributed by atoms with E-state index in [1.807, 2.05) is 0 Å². The first kappa shape index (κ1) is 20.8. The normalized spacial score (nSPS) is 20.4. The van der Waals surface area contributed by atoms with Crippen LogP contribution in [0, 0.1) is 5.82 Å². The lowest BCUT2D eigenvalue weighted by Gasteiger charge is -2.25. The molecule has 10 heteroatoms. The number of aromatic nitrogens is 1. The number of carbonyl (C=O) groups is 1. The van der Waals surface area contributed by atoms with Gasteiger partial charge in [-0.3, -0.25) is 9.78 Å². The first-order valence-corrected chi connectivity index (χ1v) is 10.5. The summed E-state index contributed by atoms with van der Waals surface area (Å²) in [6.07, 6.45) is -3.43. The van der Waals surface area contributed by atoms with Gasteiger partial charge in [-0.2, -0.15) is 13.2 Å². The summed E-state index contributed by atoms with van der Waals surface area (Å²) in [6, 6.07) is 9.41. The van der Waals surface area contributed by atoms with Crippen LogP contribution in [0.5, 0.6) is 17.2 Å². The number of alkyl halides is 3. The fourth-order valence-corrected chi connectivity index (χ4v) is 4.91. The van der Waals surface area contributed by atoms with E-state index in [2.05, 4.69) is 4.98 Å². The topological polar surface area (TPSA) is 60.9 Å². The summed E-state index contributed by atoms with van der Waals surface area (Å²) in [6.45, 7) is -0.0211. The molecule has 1 unspecified atom stereocenters. The van der Waals surface area contributed by atoms with Gasteiger partial charge in [0.15, 0.2) is 11.5 Å². The van der Waals surface area contributed by atoms with E-state index in [4.69, 9.17) is 14.2 Å². The van der Waals surface area contributed by atoms with Crippen LogP contribution in [0.15, 0.2) is 48.7 Å². The van der Waals surface area contributed by atoms with Crippen molar-refractivity contribution in [3.63, 3.8) is 0 Å². The Morgan fingerprint density at radius 3 is 2.53 bits per heavy atom. The summed E-state index contributed by atoms with van der Waals surface area (Å²) in [7, 11) is 0. The van der Waals surface area contributed by atoms with Gasteiger partial charge in [-0.25, -0.2) is 4.39 Å². The summed E-state index contributed by atoms with van der Waals surface area (Å²) in [5, 5.41) is 0. The third-order valence-corrected chi connectivity index (χ3v) is 6.37. The third-order valence-electron chi connectivity index (χ3n) is 6.37. The summed E-state index contributed by atoms with van der Waals surface area (Å²) in [4.78, 5) is 19.0. The van der Waals surface area contributed by atoms with Crippen molar-refractivity contribution in [2.24, 2.45) is 0 Å². The van der Waals surface area contributed by atoms with Crippen LogP contribution in [0.4, 0.5) is 23.2 Å². The molecule has 0 saturated heterocycles. The lowest BCUT2D eigenvalue weighted by atomic mass is 9.76. The molecule has 0 radical (unpaired) electrons. The minimum absolute atomic E-state index is 0.0555. The van der Waals surface area contributed by atoms with Crippen LogP contribution in [0.3, 0.4) is 0 Å². The molecule has 6 nitrogen and oxygen atoms in total. The average Bonchev–Trinajstić information content (AvgIpc) is 3.30. The highest BCUT2D eigenvalue weighted by Gasteiger charge is 2.59. The number of hydrogen-bond acceptors (Lipinski definition) is 5. The molecule has 1 spiro atoms. The van der Waals surface area contributed by atoms with E-state index in [0.717, 1.165) is 11.0 Å². The molecule has 0 fully saturated rings. The predicted octanol–water partition coefficient (Wildman–Crippen LogP) is 4.24. The van der Waals surface area contributed by atoms with Crippen molar-refractivity contribution in [3.8, 4) is 17.2 Å². The first-order valence-electron chi connectivity index (χ1n) is 10.5. The number of benzene rings is 2. The predicted molar refractivity (Wildman–Crippen MR) is 111 cm³/mol. The van der Waals surface area contributed by atoms with Crippen molar-refractivity contribution in [2.45, 2.75) is 18.1 Å². The monoisotopic (exact) mass is 472 g/mol. The molecule has 0 N–H and O–H groups in total. The zero-order valence-electron chi connectivity index (χ0n) is 17.5. The summed E-state index contributed by atoms with van der Waals surface area (Å²) in [5.74, 6) is -0.0782. The molecule has 2 aromatic carbocycles. The Morgan fingerprint density at radius 1 is 1.00 bits per heavy atom. The van der Waals surface area contributed by atoms with Crippen molar-refractivity contribution in [1.29, 1.82) is 0 Å². The standard InChI is InChI=1S/C24H16F4N2O4/c25-15-4-1-5-17-21(15)23(12-34-18-10-20-19(9-14(18)23)32-7-8-33-20)22(31)30(17)11-16-13(24(26,27)28)3-2-6-29-16/h1-6,9-10H,7-8,11-12H2. The number of hydrogen-bond donors (Lipinski definition) is 0. The van der Waals surface area contributed by atoms with Gasteiger partial charge in [-0.05, 0) is 30.3 Å². The van der Waals surface area contributed by atoms with E-state index >= 15 is 4.39 Å². The van der Waals surface area contributed by atoms with Crippen LogP contribution >= 0.6 is 0 Å². The van der Waals surface area contributed by atoms with Gasteiger partial charge < -0.3 is 19.1 Å². The van der Waals surface area contributed by atoms with Gasteiger partial charge in [0.2, 0.25) is 5.91 Å². The van der Waals surface area contributed by atoms with Crippen LogP contribution in [-0.2, 0) is 22.9 Å². The Morgan fingerprint density at radius 2 is 1.76 bits per heavy atom. The number of pyridine rings is 1. The minimum Gasteiger partial charge on any atom is -0.491 e. The summed E-state index contributed by atoms with van der Waals surface area (Å²) < 4.78 is 73.1. The molecular formula is C24H16F4N2O4. The largest absolute Gasteiger partial charge is 0.491 e. The van der Waals surface area contributed by atoms with Crippen LogP contribution in [0.2, 0.25) is 0 Å². The molecule has 0 aliphatic carbocycles. The molecule has 6 rings (SSSR count). The lowest BCUT2D eigenvalue weighted by molar-refractivity contribution is -0.138. The molecule has 0 saturated carbocycles. The Balaban J connectivity index is 1.51. The minimum atomic E-state index is -4.66. The SMILES string of the molecule is O=C1N(Cc2ncccc2C(F)(F)F)c2cccc(F)c2C12COc1cc3c(cc12)OCCO3. The second kappa shape index (κ2) is 7.09. The van der Waals surface area contributed by atoms with E-state index < -0.39 is 35.4 Å². The number of anilines is 1. The second-order valence-corrected chi connectivity index (χ2v) is 8.21. The Kier molecular flexibility index (Phi) is 4.33. The number of nitrogens with zero attached hydrogens (tertiary/aromatic N) is 2. The van der Waals surface area contributed by atoms with E-state index in [1.54, 1.807) is 12.1 Å². The maximum absolute atomic E-state index is 15.3. The lowest BCUT2D eigenvalue weighted by Crippen LogP contribution is -2.43. The fourth-order valence-electron chi connectivity index (χ4n) is 4.91. The van der Waals surface area contributed by atoms with Crippen molar-refractivity contribution in [1.82, 2.24) is 4.98 Å². The number of fused-ring (bicyclic) bond motifs is 5. The maximum atomic E-state index is 15.3. The summed E-state index contributed by atoms with van der Waals surface area (Å²) >= 11 is 0. The van der Waals surface area contributed by atoms with Crippen molar-refractivity contribution >= 4 is 11.6 Å². The van der Waals surface area contributed by atoms with Gasteiger partial charge in [-0.1, -0.05) is 6.07 Å². The molecule has 34 heavy (non-hydrogen) atoms. The van der Waals surface area contributed by atoms with Crippen molar-refractivity contribution in [2.75, 3.05) is 24.7 Å². The number of carbonyl (C=O) groups excluding carboxylic acids is 1. The zero-order valence-corrected chi connectivity index (χ0v) is 17.5. The van der Waals surface area contributed by atoms with Gasteiger partial charge in [0.05, 0.1) is 23.5 Å². The Bertz CT molecular complexity index is 1340. The van der Waals surface area contributed by atoms with Gasteiger partial charge >= 0.3 is 6.18 Å². The van der Waals surface area contributed by atoms with Gasteiger partial charge in [-0.15, -0.1) is 0 Å². The number of ether oxygens (including phenoxy) is 3. The maximum Gasteiger partial charge on any atom is 0.418 e. The van der Waals surface area contributed by atoms with E-state index in [-0.39, 0.29) is 23.6 Å². The Hall–Kier alpha value is -3.82. The molecule has 3 aliphatic rings. The van der Waals surface area contributed by atoms with Gasteiger partial charge in [0.25, 0.3) is 0 Å². The average molecular weight is 472 g/mol. The number of halogens is 4. The van der Waals surface area contributed by atoms with E-state index in [9.17, 15) is 18.0 Å². The Labute approximate surface area is 190 Å².